The van der Waals surface area contributed by atoms with Crippen molar-refractivity contribution in [2.24, 2.45) is 7.05 Å². The number of nitriles is 1. The van der Waals surface area contributed by atoms with Crippen LogP contribution in [0.15, 0.2) is 24.3 Å². The van der Waals surface area contributed by atoms with E-state index < -0.39 is 6.10 Å². The van der Waals surface area contributed by atoms with Gasteiger partial charge in [0.05, 0.1) is 17.3 Å². The molecule has 1 heterocycles. The highest BCUT2D eigenvalue weighted by atomic mass is 16.5. The third-order valence-corrected chi connectivity index (χ3v) is 3.98. The lowest BCUT2D eigenvalue weighted by Gasteiger charge is -2.15. The summed E-state index contributed by atoms with van der Waals surface area (Å²) in [6, 6.07) is 8.81. The third kappa shape index (κ3) is 4.13. The lowest BCUT2D eigenvalue weighted by molar-refractivity contribution is -0.127. The first kappa shape index (κ1) is 17.5. The van der Waals surface area contributed by atoms with Crippen LogP contribution < -0.4 is 10.1 Å². The van der Waals surface area contributed by atoms with Gasteiger partial charge in [-0.2, -0.15) is 10.4 Å². The van der Waals surface area contributed by atoms with Crippen LogP contribution in [0, 0.1) is 25.2 Å². The molecule has 0 spiro atoms. The summed E-state index contributed by atoms with van der Waals surface area (Å²) in [4.78, 5) is 12.1. The summed E-state index contributed by atoms with van der Waals surface area (Å²) in [5, 5.41) is 16.1. The molecular formula is C18H22N4O2. The SMILES string of the molecule is Cc1nn(C)c(C)c1CCNC(=O)C(C)Oc1cccc(C#N)c1. The minimum Gasteiger partial charge on any atom is -0.481 e. The first-order chi connectivity index (χ1) is 11.4. The van der Waals surface area contributed by atoms with Crippen molar-refractivity contribution in [1.82, 2.24) is 15.1 Å². The van der Waals surface area contributed by atoms with E-state index in [4.69, 9.17) is 10.00 Å². The molecule has 1 aromatic heterocycles. The fraction of sp³-hybridized carbons (Fsp3) is 0.389. The van der Waals surface area contributed by atoms with E-state index >= 15 is 0 Å². The lowest BCUT2D eigenvalue weighted by atomic mass is 10.1. The predicted molar refractivity (Wildman–Crippen MR) is 90.6 cm³/mol. The number of nitrogens with zero attached hydrogens (tertiary/aromatic N) is 3. The Morgan fingerprint density at radius 3 is 2.83 bits per heavy atom. The molecule has 0 aliphatic heterocycles. The average Bonchev–Trinajstić information content (AvgIpc) is 2.80. The zero-order valence-electron chi connectivity index (χ0n) is 14.5. The van der Waals surface area contributed by atoms with Crippen molar-refractivity contribution in [2.45, 2.75) is 33.3 Å². The van der Waals surface area contributed by atoms with Crippen molar-refractivity contribution < 1.29 is 9.53 Å². The summed E-state index contributed by atoms with van der Waals surface area (Å²) < 4.78 is 7.44. The Kier molecular flexibility index (Phi) is 5.59. The van der Waals surface area contributed by atoms with Crippen LogP contribution in [0.25, 0.3) is 0 Å². The topological polar surface area (TPSA) is 79.9 Å². The number of aryl methyl sites for hydroxylation is 2. The van der Waals surface area contributed by atoms with Gasteiger partial charge in [0.15, 0.2) is 6.10 Å². The molecule has 126 valence electrons. The Labute approximate surface area is 142 Å². The van der Waals surface area contributed by atoms with Gasteiger partial charge in [-0.25, -0.2) is 0 Å². The van der Waals surface area contributed by atoms with Gasteiger partial charge in [-0.05, 0) is 51.0 Å². The summed E-state index contributed by atoms with van der Waals surface area (Å²) in [6.07, 6.45) is 0.100. The molecule has 0 aliphatic carbocycles. The molecule has 6 heteroatoms. The monoisotopic (exact) mass is 326 g/mol. The van der Waals surface area contributed by atoms with Crippen LogP contribution in [-0.4, -0.2) is 28.3 Å². The molecule has 1 amide bonds. The highest BCUT2D eigenvalue weighted by molar-refractivity contribution is 5.80. The molecule has 0 radical (unpaired) electrons. The molecule has 0 fully saturated rings. The van der Waals surface area contributed by atoms with E-state index in [9.17, 15) is 4.79 Å². The third-order valence-electron chi connectivity index (χ3n) is 3.98. The van der Waals surface area contributed by atoms with Crippen LogP contribution in [0.3, 0.4) is 0 Å². The summed E-state index contributed by atoms with van der Waals surface area (Å²) in [5.74, 6) is 0.326. The van der Waals surface area contributed by atoms with Crippen LogP contribution in [0.1, 0.15) is 29.4 Å². The molecule has 1 aromatic carbocycles. The summed E-state index contributed by atoms with van der Waals surface area (Å²) in [5.41, 5.74) is 3.76. The summed E-state index contributed by atoms with van der Waals surface area (Å²) >= 11 is 0. The highest BCUT2D eigenvalue weighted by Crippen LogP contribution is 2.15. The number of ether oxygens (including phenoxy) is 1. The number of rotatable bonds is 6. The fourth-order valence-corrected chi connectivity index (χ4v) is 2.53. The molecule has 2 rings (SSSR count). The lowest BCUT2D eigenvalue weighted by Crippen LogP contribution is -2.37. The van der Waals surface area contributed by atoms with Gasteiger partial charge in [-0.15, -0.1) is 0 Å². The second kappa shape index (κ2) is 7.64. The highest BCUT2D eigenvalue weighted by Gasteiger charge is 2.15. The van der Waals surface area contributed by atoms with Gasteiger partial charge in [-0.3, -0.25) is 9.48 Å². The van der Waals surface area contributed by atoms with Crippen molar-refractivity contribution in [3.8, 4) is 11.8 Å². The van der Waals surface area contributed by atoms with Crippen LogP contribution in [0.4, 0.5) is 0 Å². The number of benzene rings is 1. The quantitative estimate of drug-likeness (QED) is 0.881. The van der Waals surface area contributed by atoms with E-state index in [-0.39, 0.29) is 5.91 Å². The maximum Gasteiger partial charge on any atom is 0.260 e. The Balaban J connectivity index is 1.86. The standard InChI is InChI=1S/C18H22N4O2/c1-12-17(13(2)22(4)21-12)8-9-20-18(23)14(3)24-16-7-5-6-15(10-16)11-19/h5-7,10,14H,8-9H2,1-4H3,(H,20,23). The molecule has 1 N–H and O–H groups in total. The van der Waals surface area contributed by atoms with Gasteiger partial charge in [0.1, 0.15) is 5.75 Å². The first-order valence-corrected chi connectivity index (χ1v) is 7.86. The number of carbonyl (C=O) groups excluding carboxylic acids is 1. The summed E-state index contributed by atoms with van der Waals surface area (Å²) in [7, 11) is 1.91. The Bertz CT molecular complexity index is 774. The minimum absolute atomic E-state index is 0.184. The van der Waals surface area contributed by atoms with Gasteiger partial charge in [-0.1, -0.05) is 6.07 Å². The van der Waals surface area contributed by atoms with Crippen molar-refractivity contribution in [2.75, 3.05) is 6.54 Å². The number of aromatic nitrogens is 2. The van der Waals surface area contributed by atoms with E-state index in [1.807, 2.05) is 31.6 Å². The molecule has 24 heavy (non-hydrogen) atoms. The largest absolute Gasteiger partial charge is 0.481 e. The van der Waals surface area contributed by atoms with Gasteiger partial charge >= 0.3 is 0 Å². The van der Waals surface area contributed by atoms with Crippen molar-refractivity contribution in [3.05, 3.63) is 46.8 Å². The van der Waals surface area contributed by atoms with E-state index in [0.29, 0.717) is 17.9 Å². The van der Waals surface area contributed by atoms with Crippen molar-refractivity contribution in [1.29, 1.82) is 5.26 Å². The number of carbonyl (C=O) groups is 1. The zero-order valence-corrected chi connectivity index (χ0v) is 14.5. The van der Waals surface area contributed by atoms with Gasteiger partial charge in [0.2, 0.25) is 0 Å². The van der Waals surface area contributed by atoms with E-state index in [1.54, 1.807) is 31.2 Å². The zero-order chi connectivity index (χ0) is 17.7. The number of nitrogens with one attached hydrogen (secondary N) is 1. The molecule has 1 atom stereocenters. The van der Waals surface area contributed by atoms with E-state index in [0.717, 1.165) is 23.4 Å². The number of hydrogen-bond acceptors (Lipinski definition) is 4. The van der Waals surface area contributed by atoms with Gasteiger partial charge < -0.3 is 10.1 Å². The molecule has 0 aliphatic rings. The second-order valence-electron chi connectivity index (χ2n) is 5.71. The maximum atomic E-state index is 12.1. The molecule has 0 saturated carbocycles. The van der Waals surface area contributed by atoms with Gasteiger partial charge in [0.25, 0.3) is 5.91 Å². The van der Waals surface area contributed by atoms with Crippen LogP contribution in [0.2, 0.25) is 0 Å². The van der Waals surface area contributed by atoms with Gasteiger partial charge in [0, 0.05) is 19.3 Å². The van der Waals surface area contributed by atoms with Crippen molar-refractivity contribution in [3.63, 3.8) is 0 Å². The van der Waals surface area contributed by atoms with E-state index in [1.165, 1.54) is 0 Å². The maximum absolute atomic E-state index is 12.1. The van der Waals surface area contributed by atoms with Crippen LogP contribution >= 0.6 is 0 Å². The first-order valence-electron chi connectivity index (χ1n) is 7.86. The molecule has 0 saturated heterocycles. The molecule has 1 unspecified atom stereocenters. The number of amides is 1. The second-order valence-corrected chi connectivity index (χ2v) is 5.71. The fourth-order valence-electron chi connectivity index (χ4n) is 2.53. The normalized spacial score (nSPS) is 11.6. The summed E-state index contributed by atoms with van der Waals surface area (Å²) in [6.45, 7) is 6.20. The van der Waals surface area contributed by atoms with Crippen LogP contribution in [-0.2, 0) is 18.3 Å². The van der Waals surface area contributed by atoms with Crippen LogP contribution in [0.5, 0.6) is 5.75 Å². The molecular weight excluding hydrogens is 304 g/mol. The van der Waals surface area contributed by atoms with Crippen molar-refractivity contribution >= 4 is 5.91 Å². The number of hydrogen-bond donors (Lipinski definition) is 1. The Hall–Kier alpha value is -2.81. The molecule has 6 nitrogen and oxygen atoms in total. The molecule has 0 bridgehead atoms. The Morgan fingerprint density at radius 1 is 1.46 bits per heavy atom. The average molecular weight is 326 g/mol. The minimum atomic E-state index is -0.630. The predicted octanol–water partition coefficient (Wildman–Crippen LogP) is 2.03. The van der Waals surface area contributed by atoms with E-state index in [2.05, 4.69) is 10.4 Å². The Morgan fingerprint density at radius 2 is 2.21 bits per heavy atom. The smallest absolute Gasteiger partial charge is 0.260 e. The molecule has 2 aromatic rings.